The smallest absolute Gasteiger partial charge is 0.313 e. The normalized spacial score (nSPS) is 21.1. The van der Waals surface area contributed by atoms with Crippen LogP contribution in [0.15, 0.2) is 30.5 Å². The Labute approximate surface area is 140 Å². The van der Waals surface area contributed by atoms with Crippen LogP contribution < -0.4 is 0 Å². The number of likely N-dealkylation sites (tertiary alicyclic amines) is 1. The second kappa shape index (κ2) is 6.65. The van der Waals surface area contributed by atoms with Crippen molar-refractivity contribution in [1.29, 1.82) is 0 Å². The Kier molecular flexibility index (Phi) is 4.57. The van der Waals surface area contributed by atoms with E-state index in [-0.39, 0.29) is 25.5 Å². The molecule has 3 rings (SSSR count). The molecule has 1 aromatic carbocycles. The molecule has 1 unspecified atom stereocenters. The number of aromatic amines is 1. The summed E-state index contributed by atoms with van der Waals surface area (Å²) in [5.74, 6) is -0.935. The number of carboxylic acid groups (broad SMARTS) is 1. The number of carbonyl (C=O) groups is 2. The summed E-state index contributed by atoms with van der Waals surface area (Å²) in [5.41, 5.74) is 0.940. The molecule has 2 heterocycles. The number of carbonyl (C=O) groups excluding carboxylic acids is 1. The summed E-state index contributed by atoms with van der Waals surface area (Å²) in [6.07, 6.45) is 3.33. The monoisotopic (exact) mass is 330 g/mol. The summed E-state index contributed by atoms with van der Waals surface area (Å²) in [4.78, 5) is 29.2. The van der Waals surface area contributed by atoms with Gasteiger partial charge in [0.25, 0.3) is 0 Å². The average Bonchev–Trinajstić information content (AvgIpc) is 2.98. The fraction of sp³-hybridized carbons (Fsp3) is 0.444. The van der Waals surface area contributed by atoms with Gasteiger partial charge in [-0.3, -0.25) is 9.59 Å². The van der Waals surface area contributed by atoms with E-state index in [1.807, 2.05) is 30.5 Å². The lowest BCUT2D eigenvalue weighted by Crippen LogP contribution is -2.52. The second-order valence-corrected chi connectivity index (χ2v) is 6.47. The third-order valence-corrected chi connectivity index (χ3v) is 4.82. The minimum Gasteiger partial charge on any atom is -0.481 e. The number of methoxy groups -OCH3 is 1. The quantitative estimate of drug-likeness (QED) is 0.879. The van der Waals surface area contributed by atoms with E-state index in [4.69, 9.17) is 4.74 Å². The maximum Gasteiger partial charge on any atom is 0.313 e. The summed E-state index contributed by atoms with van der Waals surface area (Å²) in [7, 11) is 1.50. The lowest BCUT2D eigenvalue weighted by molar-refractivity contribution is -0.159. The lowest BCUT2D eigenvalue weighted by atomic mass is 9.80. The van der Waals surface area contributed by atoms with Gasteiger partial charge in [-0.25, -0.2) is 0 Å². The van der Waals surface area contributed by atoms with Crippen LogP contribution in [-0.4, -0.2) is 53.7 Å². The Morgan fingerprint density at radius 2 is 2.17 bits per heavy atom. The number of hydrogen-bond donors (Lipinski definition) is 2. The molecule has 0 saturated carbocycles. The first kappa shape index (κ1) is 16.5. The van der Waals surface area contributed by atoms with Gasteiger partial charge in [0.2, 0.25) is 5.91 Å². The van der Waals surface area contributed by atoms with Crippen LogP contribution in [0.25, 0.3) is 10.9 Å². The Morgan fingerprint density at radius 1 is 1.38 bits per heavy atom. The molecule has 1 saturated heterocycles. The highest BCUT2D eigenvalue weighted by molar-refractivity contribution is 5.89. The number of hydrogen-bond acceptors (Lipinski definition) is 3. The molecule has 128 valence electrons. The molecule has 2 aromatic rings. The van der Waals surface area contributed by atoms with Crippen molar-refractivity contribution in [2.75, 3.05) is 26.8 Å². The molecule has 1 aliphatic rings. The molecule has 1 amide bonds. The van der Waals surface area contributed by atoms with Crippen LogP contribution in [-0.2, 0) is 20.7 Å². The number of carboxylic acids is 1. The van der Waals surface area contributed by atoms with Gasteiger partial charge in [-0.15, -0.1) is 0 Å². The molecule has 6 nitrogen and oxygen atoms in total. The SMILES string of the molecule is COCC1(C(=O)O)CCCN(C(=O)Cc2c[nH]c3ccccc23)C1. The molecule has 0 bridgehead atoms. The summed E-state index contributed by atoms with van der Waals surface area (Å²) in [6.45, 7) is 0.927. The summed E-state index contributed by atoms with van der Waals surface area (Å²) in [5, 5.41) is 10.6. The molecule has 0 aliphatic carbocycles. The number of aromatic nitrogens is 1. The van der Waals surface area contributed by atoms with Gasteiger partial charge in [-0.05, 0) is 24.5 Å². The van der Waals surface area contributed by atoms with Crippen molar-refractivity contribution < 1.29 is 19.4 Å². The highest BCUT2D eigenvalue weighted by Gasteiger charge is 2.43. The number of aliphatic carboxylic acids is 1. The molecule has 1 aliphatic heterocycles. The maximum absolute atomic E-state index is 12.7. The number of H-pyrrole nitrogens is 1. The van der Waals surface area contributed by atoms with Crippen LogP contribution in [0.1, 0.15) is 18.4 Å². The zero-order chi connectivity index (χ0) is 17.2. The number of piperidine rings is 1. The van der Waals surface area contributed by atoms with Gasteiger partial charge < -0.3 is 19.7 Å². The molecule has 0 radical (unpaired) electrons. The number of nitrogens with one attached hydrogen (secondary N) is 1. The van der Waals surface area contributed by atoms with Gasteiger partial charge in [0.05, 0.1) is 13.0 Å². The van der Waals surface area contributed by atoms with Gasteiger partial charge in [0, 0.05) is 37.3 Å². The lowest BCUT2D eigenvalue weighted by Gasteiger charge is -2.39. The topological polar surface area (TPSA) is 82.6 Å². The second-order valence-electron chi connectivity index (χ2n) is 6.47. The number of rotatable bonds is 5. The first-order valence-corrected chi connectivity index (χ1v) is 8.11. The third kappa shape index (κ3) is 3.01. The Hall–Kier alpha value is -2.34. The average molecular weight is 330 g/mol. The van der Waals surface area contributed by atoms with E-state index in [2.05, 4.69) is 4.98 Å². The van der Waals surface area contributed by atoms with Crippen molar-refractivity contribution in [3.8, 4) is 0 Å². The van der Waals surface area contributed by atoms with Gasteiger partial charge >= 0.3 is 5.97 Å². The van der Waals surface area contributed by atoms with Gasteiger partial charge in [0.15, 0.2) is 0 Å². The van der Waals surface area contributed by atoms with E-state index in [1.54, 1.807) is 4.90 Å². The van der Waals surface area contributed by atoms with Crippen LogP contribution in [0.4, 0.5) is 0 Å². The van der Waals surface area contributed by atoms with Crippen LogP contribution in [0.2, 0.25) is 0 Å². The highest BCUT2D eigenvalue weighted by Crippen LogP contribution is 2.31. The molecule has 24 heavy (non-hydrogen) atoms. The highest BCUT2D eigenvalue weighted by atomic mass is 16.5. The third-order valence-electron chi connectivity index (χ3n) is 4.82. The molecule has 2 N–H and O–H groups in total. The number of benzene rings is 1. The van der Waals surface area contributed by atoms with Crippen molar-refractivity contribution >= 4 is 22.8 Å². The summed E-state index contributed by atoms with van der Waals surface area (Å²) in [6, 6.07) is 7.84. The molecule has 1 fully saturated rings. The Bertz CT molecular complexity index is 750. The van der Waals surface area contributed by atoms with E-state index < -0.39 is 11.4 Å². The van der Waals surface area contributed by atoms with Crippen LogP contribution in [0.5, 0.6) is 0 Å². The number of para-hydroxylation sites is 1. The predicted octanol–water partition coefficient (Wildman–Crippen LogP) is 2.05. The largest absolute Gasteiger partial charge is 0.481 e. The fourth-order valence-electron chi connectivity index (χ4n) is 3.53. The first-order valence-electron chi connectivity index (χ1n) is 8.11. The van der Waals surface area contributed by atoms with Crippen molar-refractivity contribution in [1.82, 2.24) is 9.88 Å². The first-order chi connectivity index (χ1) is 11.6. The standard InChI is InChI=1S/C18H22N2O4/c1-24-12-18(17(22)23)7-4-8-20(11-18)16(21)9-13-10-19-15-6-3-2-5-14(13)15/h2-3,5-6,10,19H,4,7-9,11-12H2,1H3,(H,22,23). The molecule has 0 spiro atoms. The zero-order valence-electron chi connectivity index (χ0n) is 13.7. The van der Waals surface area contributed by atoms with Gasteiger partial charge in [-0.1, -0.05) is 18.2 Å². The fourth-order valence-corrected chi connectivity index (χ4v) is 3.53. The van der Waals surface area contributed by atoms with Crippen molar-refractivity contribution in [3.63, 3.8) is 0 Å². The summed E-state index contributed by atoms with van der Waals surface area (Å²) >= 11 is 0. The van der Waals surface area contributed by atoms with E-state index in [0.29, 0.717) is 19.4 Å². The minimum atomic E-state index is -0.997. The number of fused-ring (bicyclic) bond motifs is 1. The number of ether oxygens (including phenoxy) is 1. The Balaban J connectivity index is 1.76. The molecular formula is C18H22N2O4. The van der Waals surface area contributed by atoms with Crippen molar-refractivity contribution in [3.05, 3.63) is 36.0 Å². The number of nitrogens with zero attached hydrogens (tertiary/aromatic N) is 1. The minimum absolute atomic E-state index is 0.0406. The van der Waals surface area contributed by atoms with Crippen LogP contribution >= 0.6 is 0 Å². The van der Waals surface area contributed by atoms with E-state index in [1.165, 1.54) is 7.11 Å². The predicted molar refractivity (Wildman–Crippen MR) is 89.8 cm³/mol. The van der Waals surface area contributed by atoms with Crippen molar-refractivity contribution in [2.45, 2.75) is 19.3 Å². The van der Waals surface area contributed by atoms with Gasteiger partial charge in [-0.2, -0.15) is 0 Å². The molecule has 1 aromatic heterocycles. The van der Waals surface area contributed by atoms with Crippen LogP contribution in [0.3, 0.4) is 0 Å². The van der Waals surface area contributed by atoms with E-state index >= 15 is 0 Å². The van der Waals surface area contributed by atoms with Gasteiger partial charge in [0.1, 0.15) is 5.41 Å². The van der Waals surface area contributed by atoms with E-state index in [9.17, 15) is 14.7 Å². The molecule has 6 heteroatoms. The molecule has 1 atom stereocenters. The summed E-state index contributed by atoms with van der Waals surface area (Å²) < 4.78 is 5.11. The number of amides is 1. The van der Waals surface area contributed by atoms with E-state index in [0.717, 1.165) is 16.5 Å². The maximum atomic E-state index is 12.7. The van der Waals surface area contributed by atoms with Crippen molar-refractivity contribution in [2.24, 2.45) is 5.41 Å². The molecular weight excluding hydrogens is 308 g/mol. The Morgan fingerprint density at radius 3 is 2.92 bits per heavy atom. The van der Waals surface area contributed by atoms with Crippen LogP contribution in [0, 0.1) is 5.41 Å². The zero-order valence-corrected chi connectivity index (χ0v) is 13.7.